The van der Waals surface area contributed by atoms with E-state index in [-0.39, 0.29) is 18.3 Å². The summed E-state index contributed by atoms with van der Waals surface area (Å²) in [5.41, 5.74) is 1.27. The number of hydrogen-bond acceptors (Lipinski definition) is 6. The zero-order valence-corrected chi connectivity index (χ0v) is 14.4. The molecule has 7 nitrogen and oxygen atoms in total. The van der Waals surface area contributed by atoms with E-state index in [0.717, 1.165) is 0 Å². The number of halogens is 3. The van der Waals surface area contributed by atoms with Crippen LogP contribution in [0, 0.1) is 5.92 Å². The lowest BCUT2D eigenvalue weighted by atomic mass is 10.1. The summed E-state index contributed by atoms with van der Waals surface area (Å²) in [5.74, 6) is -1.37. The van der Waals surface area contributed by atoms with Gasteiger partial charge in [-0.25, -0.2) is 0 Å². The Bertz CT molecular complexity index is 827. The molecule has 0 radical (unpaired) electrons. The molecule has 0 atom stereocenters. The number of rotatable bonds is 7. The first-order valence-electron chi connectivity index (χ1n) is 8.28. The van der Waals surface area contributed by atoms with Crippen LogP contribution in [0.25, 0.3) is 11.4 Å². The molecule has 1 amide bonds. The molecule has 0 unspecified atom stereocenters. The molecule has 2 aromatic rings. The van der Waals surface area contributed by atoms with E-state index in [4.69, 9.17) is 4.84 Å². The van der Waals surface area contributed by atoms with Gasteiger partial charge >= 0.3 is 12.1 Å². The molecule has 1 fully saturated rings. The Labute approximate surface area is 152 Å². The smallest absolute Gasteiger partial charge is 0.396 e. The highest BCUT2D eigenvalue weighted by molar-refractivity contribution is 5.97. The van der Waals surface area contributed by atoms with Gasteiger partial charge in [-0.2, -0.15) is 18.2 Å². The van der Waals surface area contributed by atoms with E-state index in [2.05, 4.69) is 25.1 Å². The molecule has 1 aliphatic carbocycles. The first-order chi connectivity index (χ1) is 12.8. The molecule has 1 N–H and O–H groups in total. The Morgan fingerprint density at radius 2 is 2.04 bits per heavy atom. The van der Waals surface area contributed by atoms with Crippen molar-refractivity contribution < 1.29 is 27.3 Å². The molecule has 0 aliphatic heterocycles. The summed E-state index contributed by atoms with van der Waals surface area (Å²) in [6.07, 6.45) is -2.36. The van der Waals surface area contributed by atoms with Gasteiger partial charge in [-0.15, -0.1) is 0 Å². The molecule has 1 saturated carbocycles. The Morgan fingerprint density at radius 1 is 1.33 bits per heavy atom. The minimum Gasteiger partial charge on any atom is -0.396 e. The number of carbonyl (C=O) groups excluding carboxylic acids is 1. The van der Waals surface area contributed by atoms with Gasteiger partial charge in [0.05, 0.1) is 12.3 Å². The van der Waals surface area contributed by atoms with Gasteiger partial charge in [0, 0.05) is 11.1 Å². The molecular formula is C17H17F3N4O3. The lowest BCUT2D eigenvalue weighted by Crippen LogP contribution is -2.28. The van der Waals surface area contributed by atoms with E-state index in [1.54, 1.807) is 6.92 Å². The molecule has 1 aliphatic rings. The van der Waals surface area contributed by atoms with E-state index < -0.39 is 12.1 Å². The summed E-state index contributed by atoms with van der Waals surface area (Å²) in [4.78, 5) is 20.6. The molecule has 0 bridgehead atoms. The summed E-state index contributed by atoms with van der Waals surface area (Å²) < 4.78 is 41.7. The van der Waals surface area contributed by atoms with Crippen molar-refractivity contribution in [3.63, 3.8) is 0 Å². The van der Waals surface area contributed by atoms with E-state index in [1.807, 2.05) is 0 Å². The second-order valence-corrected chi connectivity index (χ2v) is 6.25. The van der Waals surface area contributed by atoms with Gasteiger partial charge in [0.15, 0.2) is 0 Å². The molecule has 0 spiro atoms. The minimum atomic E-state index is -4.70. The lowest BCUT2D eigenvalue weighted by molar-refractivity contribution is -0.159. The number of nitrogens with one attached hydrogen (secondary N) is 1. The predicted molar refractivity (Wildman–Crippen MR) is 88.9 cm³/mol. The van der Waals surface area contributed by atoms with Gasteiger partial charge in [-0.3, -0.25) is 4.79 Å². The number of carbonyl (C=O) groups is 1. The number of amides is 1. The highest BCUT2D eigenvalue weighted by Crippen LogP contribution is 2.29. The average Bonchev–Trinajstić information content (AvgIpc) is 3.31. The molecule has 27 heavy (non-hydrogen) atoms. The van der Waals surface area contributed by atoms with Crippen molar-refractivity contribution in [3.8, 4) is 11.4 Å². The standard InChI is InChI=1S/C17H17F3N4O3/c1-10(23-26-9-11-2-3-11)8-21-15(25)13-6-4-12(5-7-13)14-22-16(27-24-14)17(18,19)20/h4-7,11H,2-3,8-9H2,1H3,(H,21,25)/b23-10-. The van der Waals surface area contributed by atoms with Crippen LogP contribution in [0.5, 0.6) is 0 Å². The van der Waals surface area contributed by atoms with Crippen LogP contribution in [0.4, 0.5) is 13.2 Å². The summed E-state index contributed by atoms with van der Waals surface area (Å²) in [6.45, 7) is 2.56. The second kappa shape index (κ2) is 7.77. The van der Waals surface area contributed by atoms with Crippen LogP contribution in [0.3, 0.4) is 0 Å². The zero-order chi connectivity index (χ0) is 19.4. The fourth-order valence-electron chi connectivity index (χ4n) is 2.11. The van der Waals surface area contributed by atoms with Crippen molar-refractivity contribution in [2.45, 2.75) is 25.9 Å². The highest BCUT2D eigenvalue weighted by Gasteiger charge is 2.38. The van der Waals surface area contributed by atoms with Crippen molar-refractivity contribution in [2.24, 2.45) is 11.1 Å². The first kappa shape index (κ1) is 18.9. The van der Waals surface area contributed by atoms with Crippen molar-refractivity contribution in [2.75, 3.05) is 13.2 Å². The Balaban J connectivity index is 1.54. The van der Waals surface area contributed by atoms with E-state index in [9.17, 15) is 18.0 Å². The summed E-state index contributed by atoms with van der Waals surface area (Å²) >= 11 is 0. The van der Waals surface area contributed by atoms with Crippen LogP contribution in [-0.2, 0) is 11.0 Å². The van der Waals surface area contributed by atoms with Gasteiger partial charge in [0.1, 0.15) is 6.61 Å². The van der Waals surface area contributed by atoms with Crippen molar-refractivity contribution in [1.29, 1.82) is 0 Å². The fraction of sp³-hybridized carbons (Fsp3) is 0.412. The predicted octanol–water partition coefficient (Wildman–Crippen LogP) is 3.29. The van der Waals surface area contributed by atoms with Crippen LogP contribution in [0.2, 0.25) is 0 Å². The number of aromatic nitrogens is 2. The van der Waals surface area contributed by atoms with Crippen molar-refractivity contribution >= 4 is 11.6 Å². The SMILES string of the molecule is C/C(CNC(=O)c1ccc(-c2noc(C(F)(F)F)n2)cc1)=N/OCC1CC1. The summed E-state index contributed by atoms with van der Waals surface area (Å²) in [6, 6.07) is 5.81. The monoisotopic (exact) mass is 382 g/mol. The molecule has 1 heterocycles. The highest BCUT2D eigenvalue weighted by atomic mass is 19.4. The maximum atomic E-state index is 12.5. The van der Waals surface area contributed by atoms with Crippen LogP contribution in [0.15, 0.2) is 33.9 Å². The number of nitrogens with zero attached hydrogens (tertiary/aromatic N) is 3. The number of benzene rings is 1. The van der Waals surface area contributed by atoms with Gasteiger partial charge in [0.25, 0.3) is 5.91 Å². The van der Waals surface area contributed by atoms with Gasteiger partial charge in [-0.1, -0.05) is 22.4 Å². The third kappa shape index (κ3) is 5.28. The average molecular weight is 382 g/mol. The Kier molecular flexibility index (Phi) is 5.43. The van der Waals surface area contributed by atoms with E-state index in [0.29, 0.717) is 29.4 Å². The Morgan fingerprint density at radius 3 is 2.63 bits per heavy atom. The van der Waals surface area contributed by atoms with Crippen LogP contribution >= 0.6 is 0 Å². The second-order valence-electron chi connectivity index (χ2n) is 6.25. The van der Waals surface area contributed by atoms with Crippen LogP contribution in [-0.4, -0.2) is 34.9 Å². The maximum Gasteiger partial charge on any atom is 0.471 e. The maximum absolute atomic E-state index is 12.5. The van der Waals surface area contributed by atoms with E-state index in [1.165, 1.54) is 37.1 Å². The molecule has 3 rings (SSSR count). The third-order valence-electron chi connectivity index (χ3n) is 3.81. The lowest BCUT2D eigenvalue weighted by Gasteiger charge is -2.05. The van der Waals surface area contributed by atoms with Crippen molar-refractivity contribution in [3.05, 3.63) is 35.7 Å². The van der Waals surface area contributed by atoms with Crippen LogP contribution in [0.1, 0.15) is 36.0 Å². The largest absolute Gasteiger partial charge is 0.471 e. The summed E-state index contributed by atoms with van der Waals surface area (Å²) in [5, 5.41) is 9.91. The first-order valence-corrected chi connectivity index (χ1v) is 8.28. The number of hydrogen-bond donors (Lipinski definition) is 1. The number of alkyl halides is 3. The van der Waals surface area contributed by atoms with Gasteiger partial charge in [0.2, 0.25) is 5.82 Å². The molecule has 1 aromatic heterocycles. The molecule has 10 heteroatoms. The summed E-state index contributed by atoms with van der Waals surface area (Å²) in [7, 11) is 0. The third-order valence-corrected chi connectivity index (χ3v) is 3.81. The molecule has 0 saturated heterocycles. The quantitative estimate of drug-likeness (QED) is 0.586. The van der Waals surface area contributed by atoms with Crippen molar-refractivity contribution in [1.82, 2.24) is 15.5 Å². The zero-order valence-electron chi connectivity index (χ0n) is 14.4. The topological polar surface area (TPSA) is 89.6 Å². The normalized spacial score (nSPS) is 14.9. The van der Waals surface area contributed by atoms with E-state index >= 15 is 0 Å². The molecular weight excluding hydrogens is 365 g/mol. The van der Waals surface area contributed by atoms with Gasteiger partial charge < -0.3 is 14.7 Å². The minimum absolute atomic E-state index is 0.204. The molecule has 144 valence electrons. The fourth-order valence-corrected chi connectivity index (χ4v) is 2.11. The van der Waals surface area contributed by atoms with Gasteiger partial charge in [-0.05, 0) is 37.8 Å². The number of oxime groups is 1. The molecule has 1 aromatic carbocycles. The van der Waals surface area contributed by atoms with Crippen LogP contribution < -0.4 is 5.32 Å². The Hall–Kier alpha value is -2.91.